The van der Waals surface area contributed by atoms with Crippen LogP contribution < -0.4 is 5.32 Å². The summed E-state index contributed by atoms with van der Waals surface area (Å²) in [4.78, 5) is 19.4. The molecule has 0 aliphatic heterocycles. The zero-order valence-electron chi connectivity index (χ0n) is 11.5. The molecule has 0 saturated heterocycles. The monoisotopic (exact) mass is 277 g/mol. The Morgan fingerprint density at radius 2 is 2.32 bits per heavy atom. The van der Waals surface area contributed by atoms with Crippen LogP contribution in [0.1, 0.15) is 25.8 Å². The number of thioether (sulfide) groups is 1. The average Bonchev–Trinajstić information content (AvgIpc) is 2.78. The lowest BCUT2D eigenvalue weighted by Crippen LogP contribution is -2.33. The second kappa shape index (κ2) is 6.10. The molecule has 1 heterocycles. The van der Waals surface area contributed by atoms with E-state index in [2.05, 4.69) is 28.3 Å². The topological polar surface area (TPSA) is 57.8 Å². The number of hydrogen-bond donors (Lipinski definition) is 2. The van der Waals surface area contributed by atoms with Gasteiger partial charge in [-0.2, -0.15) is 0 Å². The molecular weight excluding hydrogens is 258 g/mol. The maximum Gasteiger partial charge on any atom is 0.230 e. The van der Waals surface area contributed by atoms with E-state index in [0.29, 0.717) is 5.75 Å². The van der Waals surface area contributed by atoms with E-state index in [1.165, 1.54) is 17.3 Å². The lowest BCUT2D eigenvalue weighted by molar-refractivity contribution is -0.119. The molecule has 102 valence electrons. The highest BCUT2D eigenvalue weighted by Gasteiger charge is 2.08. The van der Waals surface area contributed by atoms with Crippen molar-refractivity contribution in [1.82, 2.24) is 15.3 Å². The maximum absolute atomic E-state index is 11.7. The molecule has 1 atom stereocenters. The molecule has 1 aromatic carbocycles. The Morgan fingerprint density at radius 1 is 1.53 bits per heavy atom. The number of nitrogens with zero attached hydrogens (tertiary/aromatic N) is 1. The van der Waals surface area contributed by atoms with Gasteiger partial charge in [0, 0.05) is 6.04 Å². The van der Waals surface area contributed by atoms with Gasteiger partial charge in [0.05, 0.1) is 16.8 Å². The van der Waals surface area contributed by atoms with Gasteiger partial charge in [-0.25, -0.2) is 4.98 Å². The summed E-state index contributed by atoms with van der Waals surface area (Å²) in [7, 11) is 0. The summed E-state index contributed by atoms with van der Waals surface area (Å²) in [5.41, 5.74) is 3.16. The SMILES string of the molecule is CCC(C)NC(=O)CSc1nc2ccc(C)cc2[nH]1. The summed E-state index contributed by atoms with van der Waals surface area (Å²) < 4.78 is 0. The predicted molar refractivity (Wildman–Crippen MR) is 79.5 cm³/mol. The number of rotatable bonds is 5. The molecule has 0 radical (unpaired) electrons. The number of aryl methyl sites for hydroxylation is 1. The van der Waals surface area contributed by atoms with Gasteiger partial charge in [-0.15, -0.1) is 0 Å². The number of fused-ring (bicyclic) bond motifs is 1. The van der Waals surface area contributed by atoms with Gasteiger partial charge in [0.25, 0.3) is 0 Å². The highest BCUT2D eigenvalue weighted by Crippen LogP contribution is 2.20. The van der Waals surface area contributed by atoms with E-state index in [-0.39, 0.29) is 11.9 Å². The highest BCUT2D eigenvalue weighted by molar-refractivity contribution is 7.99. The van der Waals surface area contributed by atoms with Crippen LogP contribution in [0, 0.1) is 6.92 Å². The average molecular weight is 277 g/mol. The molecule has 0 fully saturated rings. The third-order valence-electron chi connectivity index (χ3n) is 2.98. The molecule has 0 saturated carbocycles. The quantitative estimate of drug-likeness (QED) is 0.826. The summed E-state index contributed by atoms with van der Waals surface area (Å²) in [6.45, 7) is 6.11. The van der Waals surface area contributed by atoms with E-state index < -0.39 is 0 Å². The summed E-state index contributed by atoms with van der Waals surface area (Å²) in [6, 6.07) is 6.31. The van der Waals surface area contributed by atoms with Crippen LogP contribution in [0.3, 0.4) is 0 Å². The molecule has 0 spiro atoms. The Morgan fingerprint density at radius 3 is 3.05 bits per heavy atom. The van der Waals surface area contributed by atoms with E-state index >= 15 is 0 Å². The Labute approximate surface area is 117 Å². The summed E-state index contributed by atoms with van der Waals surface area (Å²) >= 11 is 1.43. The first-order valence-corrected chi connectivity index (χ1v) is 7.45. The lowest BCUT2D eigenvalue weighted by atomic mass is 10.2. The van der Waals surface area contributed by atoms with Crippen molar-refractivity contribution in [2.24, 2.45) is 0 Å². The number of H-pyrrole nitrogens is 1. The van der Waals surface area contributed by atoms with Gasteiger partial charge in [-0.1, -0.05) is 24.8 Å². The number of carbonyl (C=O) groups is 1. The number of amides is 1. The molecule has 0 bridgehead atoms. The number of benzene rings is 1. The van der Waals surface area contributed by atoms with Crippen molar-refractivity contribution in [3.05, 3.63) is 23.8 Å². The van der Waals surface area contributed by atoms with Crippen LogP contribution in [-0.4, -0.2) is 27.7 Å². The van der Waals surface area contributed by atoms with Gasteiger partial charge in [0.1, 0.15) is 0 Å². The Balaban J connectivity index is 1.96. The molecule has 5 heteroatoms. The van der Waals surface area contributed by atoms with Crippen molar-refractivity contribution in [3.63, 3.8) is 0 Å². The maximum atomic E-state index is 11.7. The van der Waals surface area contributed by atoms with Crippen LogP contribution in [0.15, 0.2) is 23.4 Å². The Bertz CT molecular complexity index is 579. The normalized spacial score (nSPS) is 12.6. The standard InChI is InChI=1S/C14H19N3OS/c1-4-10(3)15-13(18)8-19-14-16-11-6-5-9(2)7-12(11)17-14/h5-7,10H,4,8H2,1-3H3,(H,15,18)(H,16,17). The fourth-order valence-corrected chi connectivity index (χ4v) is 2.42. The number of imidazole rings is 1. The number of aromatic nitrogens is 2. The summed E-state index contributed by atoms with van der Waals surface area (Å²) in [5.74, 6) is 0.444. The third-order valence-corrected chi connectivity index (χ3v) is 3.85. The molecule has 1 aromatic heterocycles. The lowest BCUT2D eigenvalue weighted by Gasteiger charge is -2.10. The molecule has 0 aliphatic rings. The molecule has 1 amide bonds. The minimum atomic E-state index is 0.0518. The molecule has 1 unspecified atom stereocenters. The van der Waals surface area contributed by atoms with Gasteiger partial charge in [0.2, 0.25) is 5.91 Å². The van der Waals surface area contributed by atoms with Crippen molar-refractivity contribution in [1.29, 1.82) is 0 Å². The highest BCUT2D eigenvalue weighted by atomic mass is 32.2. The Hall–Kier alpha value is -1.49. The minimum Gasteiger partial charge on any atom is -0.353 e. The van der Waals surface area contributed by atoms with Gasteiger partial charge < -0.3 is 10.3 Å². The minimum absolute atomic E-state index is 0.0518. The molecule has 4 nitrogen and oxygen atoms in total. The van der Waals surface area contributed by atoms with Crippen molar-refractivity contribution in [3.8, 4) is 0 Å². The second-order valence-corrected chi connectivity index (χ2v) is 5.69. The van der Waals surface area contributed by atoms with E-state index in [1.54, 1.807) is 0 Å². The largest absolute Gasteiger partial charge is 0.353 e. The van der Waals surface area contributed by atoms with Crippen molar-refractivity contribution in [2.75, 3.05) is 5.75 Å². The molecule has 0 aliphatic carbocycles. The first kappa shape index (κ1) is 13.9. The predicted octanol–water partition coefficient (Wildman–Crippen LogP) is 2.88. The molecule has 2 aromatic rings. The van der Waals surface area contributed by atoms with E-state index in [1.807, 2.05) is 26.0 Å². The van der Waals surface area contributed by atoms with Crippen molar-refractivity contribution < 1.29 is 4.79 Å². The number of carbonyl (C=O) groups excluding carboxylic acids is 1. The van der Waals surface area contributed by atoms with Gasteiger partial charge >= 0.3 is 0 Å². The summed E-state index contributed by atoms with van der Waals surface area (Å²) in [6.07, 6.45) is 0.945. The van der Waals surface area contributed by atoms with Crippen LogP contribution in [0.2, 0.25) is 0 Å². The van der Waals surface area contributed by atoms with Gasteiger partial charge in [-0.05, 0) is 38.0 Å². The van der Waals surface area contributed by atoms with Gasteiger partial charge in [0.15, 0.2) is 5.16 Å². The van der Waals surface area contributed by atoms with Crippen LogP contribution in [0.4, 0.5) is 0 Å². The fourth-order valence-electron chi connectivity index (χ4n) is 1.72. The number of hydrogen-bond acceptors (Lipinski definition) is 3. The summed E-state index contributed by atoms with van der Waals surface area (Å²) in [5, 5.41) is 3.73. The van der Waals surface area contributed by atoms with E-state index in [4.69, 9.17) is 0 Å². The van der Waals surface area contributed by atoms with E-state index in [9.17, 15) is 4.79 Å². The Kier molecular flexibility index (Phi) is 4.47. The molecule has 2 rings (SSSR count). The van der Waals surface area contributed by atoms with E-state index in [0.717, 1.165) is 22.6 Å². The first-order chi connectivity index (χ1) is 9.08. The van der Waals surface area contributed by atoms with Crippen molar-refractivity contribution >= 4 is 28.7 Å². The number of nitrogens with one attached hydrogen (secondary N) is 2. The first-order valence-electron chi connectivity index (χ1n) is 6.47. The third kappa shape index (κ3) is 3.73. The van der Waals surface area contributed by atoms with Crippen molar-refractivity contribution in [2.45, 2.75) is 38.4 Å². The molecular formula is C14H19N3OS. The zero-order chi connectivity index (χ0) is 13.8. The van der Waals surface area contributed by atoms with Crippen LogP contribution >= 0.6 is 11.8 Å². The second-order valence-electron chi connectivity index (χ2n) is 4.73. The molecule has 19 heavy (non-hydrogen) atoms. The van der Waals surface area contributed by atoms with Crippen LogP contribution in [0.25, 0.3) is 11.0 Å². The van der Waals surface area contributed by atoms with Crippen LogP contribution in [-0.2, 0) is 4.79 Å². The molecule has 2 N–H and O–H groups in total. The zero-order valence-corrected chi connectivity index (χ0v) is 12.3. The fraction of sp³-hybridized carbons (Fsp3) is 0.429. The van der Waals surface area contributed by atoms with Gasteiger partial charge in [-0.3, -0.25) is 4.79 Å². The van der Waals surface area contributed by atoms with Crippen LogP contribution in [0.5, 0.6) is 0 Å². The number of aromatic amines is 1. The smallest absolute Gasteiger partial charge is 0.230 e.